The number of carbonyl (C=O) groups excluding carboxylic acids is 1. The highest BCUT2D eigenvalue weighted by Crippen LogP contribution is 2.30. The van der Waals surface area contributed by atoms with Crippen LogP contribution in [0.3, 0.4) is 0 Å². The molecule has 14 heavy (non-hydrogen) atoms. The fourth-order valence-electron chi connectivity index (χ4n) is 1.08. The third-order valence-electron chi connectivity index (χ3n) is 2.01. The summed E-state index contributed by atoms with van der Waals surface area (Å²) in [6.07, 6.45) is 3.44. The number of hydrogen-bond acceptors (Lipinski definition) is 2. The van der Waals surface area contributed by atoms with Gasteiger partial charge in [-0.2, -0.15) is 0 Å². The molecular weight excluding hydrogens is 223 g/mol. The van der Waals surface area contributed by atoms with E-state index < -0.39 is 0 Å². The van der Waals surface area contributed by atoms with Crippen molar-refractivity contribution >= 4 is 34.8 Å². The molecule has 1 N–H and O–H groups in total. The summed E-state index contributed by atoms with van der Waals surface area (Å²) >= 11 is 11.4. The van der Waals surface area contributed by atoms with E-state index >= 15 is 0 Å². The van der Waals surface area contributed by atoms with Gasteiger partial charge < -0.3 is 5.32 Å². The summed E-state index contributed by atoms with van der Waals surface area (Å²) in [5, 5.41) is 3.32. The number of nitrogens with zero attached hydrogens (tertiary/aromatic N) is 1. The van der Waals surface area contributed by atoms with Gasteiger partial charge in [0, 0.05) is 5.92 Å². The Morgan fingerprint density at radius 3 is 2.79 bits per heavy atom. The maximum absolute atomic E-state index is 11.4. The molecule has 0 bridgehead atoms. The molecule has 74 valence electrons. The van der Waals surface area contributed by atoms with Gasteiger partial charge in [-0.3, -0.25) is 4.79 Å². The predicted molar refractivity (Wildman–Crippen MR) is 55.6 cm³/mol. The van der Waals surface area contributed by atoms with Crippen molar-refractivity contribution in [2.24, 2.45) is 5.92 Å². The monoisotopic (exact) mass is 230 g/mol. The van der Waals surface area contributed by atoms with Crippen molar-refractivity contribution in [2.45, 2.75) is 12.8 Å². The average Bonchev–Trinajstić information content (AvgIpc) is 2.94. The minimum absolute atomic E-state index is 0.0326. The molecule has 0 aliphatic heterocycles. The smallest absolute Gasteiger partial charge is 0.227 e. The van der Waals surface area contributed by atoms with E-state index in [4.69, 9.17) is 23.2 Å². The van der Waals surface area contributed by atoms with Crippen molar-refractivity contribution < 1.29 is 4.79 Å². The Hall–Kier alpha value is -0.800. The number of carbonyl (C=O) groups is 1. The summed E-state index contributed by atoms with van der Waals surface area (Å²) in [5.41, 5.74) is 0.594. The van der Waals surface area contributed by atoms with Gasteiger partial charge in [0.05, 0.1) is 16.9 Å². The molecule has 1 aliphatic rings. The quantitative estimate of drug-likeness (QED) is 0.795. The number of nitrogens with one attached hydrogen (secondary N) is 1. The Bertz CT molecular complexity index is 377. The molecule has 0 atom stereocenters. The van der Waals surface area contributed by atoms with Gasteiger partial charge in [-0.15, -0.1) is 0 Å². The molecule has 5 heteroatoms. The number of pyridine rings is 1. The van der Waals surface area contributed by atoms with E-state index in [1.54, 1.807) is 6.07 Å². The third-order valence-corrected chi connectivity index (χ3v) is 2.70. The van der Waals surface area contributed by atoms with Gasteiger partial charge in [-0.25, -0.2) is 4.98 Å². The molecule has 1 aromatic heterocycles. The summed E-state index contributed by atoms with van der Waals surface area (Å²) in [5.74, 6) is 0.203. The van der Waals surface area contributed by atoms with Gasteiger partial charge >= 0.3 is 0 Å². The Balaban J connectivity index is 2.08. The number of amides is 1. The molecule has 1 saturated carbocycles. The molecule has 1 amide bonds. The number of aromatic nitrogens is 1. The highest BCUT2D eigenvalue weighted by molar-refractivity contribution is 6.41. The molecule has 0 saturated heterocycles. The number of hydrogen-bond donors (Lipinski definition) is 1. The Kier molecular flexibility index (Phi) is 2.61. The van der Waals surface area contributed by atoms with E-state index in [0.29, 0.717) is 10.7 Å². The molecular formula is C9H8Cl2N2O. The van der Waals surface area contributed by atoms with Crippen molar-refractivity contribution in [2.75, 3.05) is 5.32 Å². The molecule has 0 unspecified atom stereocenters. The van der Waals surface area contributed by atoms with Crippen molar-refractivity contribution in [1.82, 2.24) is 4.98 Å². The molecule has 3 nitrogen and oxygen atoms in total. The maximum atomic E-state index is 11.4. The van der Waals surface area contributed by atoms with Gasteiger partial charge in [0.15, 0.2) is 0 Å². The molecule has 2 rings (SSSR count). The largest absolute Gasteiger partial charge is 0.324 e. The van der Waals surface area contributed by atoms with E-state index in [1.807, 2.05) is 0 Å². The van der Waals surface area contributed by atoms with Crippen LogP contribution in [0.15, 0.2) is 12.3 Å². The lowest BCUT2D eigenvalue weighted by Crippen LogP contribution is -2.13. The summed E-state index contributed by atoms with van der Waals surface area (Å²) < 4.78 is 0. The van der Waals surface area contributed by atoms with E-state index in [0.717, 1.165) is 12.8 Å². The Labute approximate surface area is 91.4 Å². The van der Waals surface area contributed by atoms with Crippen LogP contribution in [0.2, 0.25) is 10.2 Å². The van der Waals surface area contributed by atoms with Gasteiger partial charge in [0.1, 0.15) is 5.15 Å². The summed E-state index contributed by atoms with van der Waals surface area (Å²) in [6, 6.07) is 1.59. The first-order valence-corrected chi connectivity index (χ1v) is 5.04. The second kappa shape index (κ2) is 3.75. The molecule has 0 radical (unpaired) electrons. The van der Waals surface area contributed by atoms with Gasteiger partial charge in [-0.05, 0) is 18.9 Å². The van der Waals surface area contributed by atoms with Crippen molar-refractivity contribution in [1.29, 1.82) is 0 Å². The standard InChI is InChI=1S/C9H8Cl2N2O/c10-7-3-6(4-12-8(7)11)13-9(14)5-1-2-5/h3-5H,1-2H2,(H,13,14). The molecule has 0 aromatic carbocycles. The highest BCUT2D eigenvalue weighted by atomic mass is 35.5. The fraction of sp³-hybridized carbons (Fsp3) is 0.333. The second-order valence-corrected chi connectivity index (χ2v) is 4.03. The average molecular weight is 231 g/mol. The van der Waals surface area contributed by atoms with Crippen LogP contribution in [0, 0.1) is 5.92 Å². The topological polar surface area (TPSA) is 42.0 Å². The zero-order chi connectivity index (χ0) is 10.1. The van der Waals surface area contributed by atoms with Crippen LogP contribution in [-0.4, -0.2) is 10.9 Å². The SMILES string of the molecule is O=C(Nc1cnc(Cl)c(Cl)c1)C1CC1. The van der Waals surface area contributed by atoms with Crippen molar-refractivity contribution in [3.63, 3.8) is 0 Å². The van der Waals surface area contributed by atoms with Gasteiger partial charge in [0.25, 0.3) is 0 Å². The Morgan fingerprint density at radius 1 is 1.50 bits per heavy atom. The molecule has 1 fully saturated rings. The van der Waals surface area contributed by atoms with Crippen LogP contribution >= 0.6 is 23.2 Å². The van der Waals surface area contributed by atoms with Gasteiger partial charge in [-0.1, -0.05) is 23.2 Å². The lowest BCUT2D eigenvalue weighted by Gasteiger charge is -2.04. The minimum atomic E-state index is 0.0326. The van der Waals surface area contributed by atoms with Crippen LogP contribution in [0.5, 0.6) is 0 Å². The number of anilines is 1. The maximum Gasteiger partial charge on any atom is 0.227 e. The first kappa shape index (κ1) is 9.74. The fourth-order valence-corrected chi connectivity index (χ4v) is 1.35. The summed E-state index contributed by atoms with van der Waals surface area (Å²) in [6.45, 7) is 0. The van der Waals surface area contributed by atoms with E-state index in [1.165, 1.54) is 6.20 Å². The first-order chi connectivity index (χ1) is 6.66. The summed E-state index contributed by atoms with van der Waals surface area (Å²) in [7, 11) is 0. The van der Waals surface area contributed by atoms with E-state index in [-0.39, 0.29) is 17.0 Å². The lowest BCUT2D eigenvalue weighted by atomic mass is 10.3. The van der Waals surface area contributed by atoms with Crippen molar-refractivity contribution in [3.05, 3.63) is 22.4 Å². The minimum Gasteiger partial charge on any atom is -0.324 e. The van der Waals surface area contributed by atoms with Crippen LogP contribution in [0.1, 0.15) is 12.8 Å². The zero-order valence-corrected chi connectivity index (χ0v) is 8.77. The lowest BCUT2D eigenvalue weighted by molar-refractivity contribution is -0.117. The molecule has 0 spiro atoms. The van der Waals surface area contributed by atoms with Crippen LogP contribution in [0.25, 0.3) is 0 Å². The number of rotatable bonds is 2. The number of halogens is 2. The molecule has 1 aliphatic carbocycles. The van der Waals surface area contributed by atoms with Crippen LogP contribution < -0.4 is 5.32 Å². The summed E-state index contributed by atoms with van der Waals surface area (Å²) in [4.78, 5) is 15.2. The normalized spacial score (nSPS) is 15.3. The van der Waals surface area contributed by atoms with Crippen LogP contribution in [-0.2, 0) is 4.79 Å². The van der Waals surface area contributed by atoms with E-state index in [9.17, 15) is 4.79 Å². The third kappa shape index (κ3) is 2.16. The first-order valence-electron chi connectivity index (χ1n) is 4.29. The van der Waals surface area contributed by atoms with Crippen molar-refractivity contribution in [3.8, 4) is 0 Å². The predicted octanol–water partition coefficient (Wildman–Crippen LogP) is 2.74. The molecule has 1 heterocycles. The molecule has 1 aromatic rings. The second-order valence-electron chi connectivity index (χ2n) is 3.26. The Morgan fingerprint density at radius 2 is 2.21 bits per heavy atom. The van der Waals surface area contributed by atoms with Gasteiger partial charge in [0.2, 0.25) is 5.91 Å². The zero-order valence-electron chi connectivity index (χ0n) is 7.26. The van der Waals surface area contributed by atoms with Crippen LogP contribution in [0.4, 0.5) is 5.69 Å². The highest BCUT2D eigenvalue weighted by Gasteiger charge is 2.29. The van der Waals surface area contributed by atoms with E-state index in [2.05, 4.69) is 10.3 Å².